The maximum Gasteiger partial charge on any atom is 0.240 e. The average Bonchev–Trinajstić information content (AvgIpc) is 3.21. The molecule has 5 nitrogen and oxygen atoms in total. The second-order valence-corrected chi connectivity index (χ2v) is 8.37. The summed E-state index contributed by atoms with van der Waals surface area (Å²) < 4.78 is 26.1. The van der Waals surface area contributed by atoms with Crippen LogP contribution in [-0.4, -0.2) is 27.9 Å². The van der Waals surface area contributed by atoms with E-state index in [1.54, 1.807) is 18.2 Å². The number of sulfonamides is 1. The number of rotatable bonds is 5. The zero-order valence-electron chi connectivity index (χ0n) is 13.5. The molecule has 1 aromatic carbocycles. The number of carbonyl (C=O) groups is 1. The SMILES string of the molecule is CNS(=O)(=O)c1ccc2c(c1)CCN2C(=O)CCC1CCCC1. The smallest absolute Gasteiger partial charge is 0.240 e. The molecule has 126 valence electrons. The van der Waals surface area contributed by atoms with Crippen molar-refractivity contribution in [2.24, 2.45) is 5.92 Å². The topological polar surface area (TPSA) is 66.5 Å². The van der Waals surface area contributed by atoms with Gasteiger partial charge in [-0.05, 0) is 49.6 Å². The molecule has 0 spiro atoms. The quantitative estimate of drug-likeness (QED) is 0.898. The van der Waals surface area contributed by atoms with Crippen LogP contribution in [0.1, 0.15) is 44.1 Å². The van der Waals surface area contributed by atoms with E-state index in [4.69, 9.17) is 0 Å². The summed E-state index contributed by atoms with van der Waals surface area (Å²) in [6.07, 6.45) is 7.42. The van der Waals surface area contributed by atoms with E-state index in [9.17, 15) is 13.2 Å². The van der Waals surface area contributed by atoms with Crippen molar-refractivity contribution in [2.75, 3.05) is 18.5 Å². The van der Waals surface area contributed by atoms with Crippen LogP contribution in [0.3, 0.4) is 0 Å². The molecule has 23 heavy (non-hydrogen) atoms. The van der Waals surface area contributed by atoms with E-state index in [-0.39, 0.29) is 10.8 Å². The third kappa shape index (κ3) is 3.43. The first-order valence-corrected chi connectivity index (χ1v) is 9.86. The van der Waals surface area contributed by atoms with Gasteiger partial charge in [0, 0.05) is 18.7 Å². The lowest BCUT2D eigenvalue weighted by atomic mass is 10.0. The molecule has 0 bridgehead atoms. The summed E-state index contributed by atoms with van der Waals surface area (Å²) >= 11 is 0. The molecule has 1 aliphatic carbocycles. The number of nitrogens with one attached hydrogen (secondary N) is 1. The standard InChI is InChI=1S/C17H24N2O3S/c1-18-23(21,22)15-7-8-16-14(12-15)10-11-19(16)17(20)9-6-13-4-2-3-5-13/h7-8,12-13,18H,2-6,9-11H2,1H3. The van der Waals surface area contributed by atoms with Crippen LogP contribution >= 0.6 is 0 Å². The third-order valence-corrected chi connectivity index (χ3v) is 6.48. The van der Waals surface area contributed by atoms with Crippen LogP contribution in [0.5, 0.6) is 0 Å². The van der Waals surface area contributed by atoms with Gasteiger partial charge in [-0.3, -0.25) is 4.79 Å². The van der Waals surface area contributed by atoms with E-state index in [1.807, 2.05) is 4.90 Å². The largest absolute Gasteiger partial charge is 0.312 e. The summed E-state index contributed by atoms with van der Waals surface area (Å²) in [5, 5.41) is 0. The summed E-state index contributed by atoms with van der Waals surface area (Å²) in [4.78, 5) is 14.6. The second kappa shape index (κ2) is 6.61. The number of fused-ring (bicyclic) bond motifs is 1. The van der Waals surface area contributed by atoms with Gasteiger partial charge in [-0.15, -0.1) is 0 Å². The maximum atomic E-state index is 12.5. The molecule has 1 aromatic rings. The first-order chi connectivity index (χ1) is 11.0. The van der Waals surface area contributed by atoms with E-state index in [1.165, 1.54) is 32.7 Å². The van der Waals surface area contributed by atoms with Gasteiger partial charge in [0.1, 0.15) is 0 Å². The van der Waals surface area contributed by atoms with Crippen LogP contribution in [0.15, 0.2) is 23.1 Å². The fourth-order valence-corrected chi connectivity index (χ4v) is 4.46. The molecule has 0 saturated heterocycles. The molecule has 3 rings (SSSR count). The van der Waals surface area contributed by atoms with Crippen molar-refractivity contribution in [3.63, 3.8) is 0 Å². The van der Waals surface area contributed by atoms with Crippen LogP contribution in [-0.2, 0) is 21.2 Å². The first-order valence-electron chi connectivity index (χ1n) is 8.38. The van der Waals surface area contributed by atoms with Crippen LogP contribution in [0.2, 0.25) is 0 Å². The molecule has 1 heterocycles. The molecular formula is C17H24N2O3S. The van der Waals surface area contributed by atoms with Gasteiger partial charge < -0.3 is 4.90 Å². The molecule has 1 saturated carbocycles. The molecule has 1 amide bonds. The molecule has 1 aliphatic heterocycles. The predicted octanol–water partition coefficient (Wildman–Crippen LogP) is 2.45. The van der Waals surface area contributed by atoms with Gasteiger partial charge in [0.15, 0.2) is 0 Å². The van der Waals surface area contributed by atoms with Crippen molar-refractivity contribution in [2.45, 2.75) is 49.8 Å². The number of nitrogens with zero attached hydrogens (tertiary/aromatic N) is 1. The van der Waals surface area contributed by atoms with Crippen molar-refractivity contribution in [3.8, 4) is 0 Å². The van der Waals surface area contributed by atoms with E-state index >= 15 is 0 Å². The highest BCUT2D eigenvalue weighted by atomic mass is 32.2. The van der Waals surface area contributed by atoms with Crippen molar-refractivity contribution in [1.82, 2.24) is 4.72 Å². The minimum absolute atomic E-state index is 0.167. The molecule has 6 heteroatoms. The molecule has 0 radical (unpaired) electrons. The summed E-state index contributed by atoms with van der Waals surface area (Å²) in [6.45, 7) is 0.655. The monoisotopic (exact) mass is 336 g/mol. The van der Waals surface area contributed by atoms with Gasteiger partial charge in [-0.1, -0.05) is 25.7 Å². The number of amides is 1. The Morgan fingerprint density at radius 1 is 1.30 bits per heavy atom. The Balaban J connectivity index is 1.70. The summed E-state index contributed by atoms with van der Waals surface area (Å²) in [5.74, 6) is 0.879. The predicted molar refractivity (Wildman–Crippen MR) is 89.9 cm³/mol. The lowest BCUT2D eigenvalue weighted by molar-refractivity contribution is -0.118. The van der Waals surface area contributed by atoms with E-state index in [2.05, 4.69) is 4.72 Å². The van der Waals surface area contributed by atoms with Crippen LogP contribution < -0.4 is 9.62 Å². The average molecular weight is 336 g/mol. The van der Waals surface area contributed by atoms with Gasteiger partial charge in [0.25, 0.3) is 0 Å². The Hall–Kier alpha value is -1.40. The van der Waals surface area contributed by atoms with Crippen LogP contribution in [0.25, 0.3) is 0 Å². The minimum Gasteiger partial charge on any atom is -0.312 e. The van der Waals surface area contributed by atoms with Crippen LogP contribution in [0.4, 0.5) is 5.69 Å². The maximum absolute atomic E-state index is 12.5. The highest BCUT2D eigenvalue weighted by Crippen LogP contribution is 2.32. The zero-order chi connectivity index (χ0) is 16.4. The number of benzene rings is 1. The lowest BCUT2D eigenvalue weighted by Crippen LogP contribution is -2.29. The number of hydrogen-bond donors (Lipinski definition) is 1. The van der Waals surface area contributed by atoms with Gasteiger partial charge in [-0.25, -0.2) is 13.1 Å². The number of carbonyl (C=O) groups excluding carboxylic acids is 1. The molecule has 1 fully saturated rings. The Bertz CT molecular complexity index is 694. The Labute approximate surface area is 138 Å². The van der Waals surface area contributed by atoms with E-state index in [0.29, 0.717) is 18.9 Å². The molecule has 1 N–H and O–H groups in total. The highest BCUT2D eigenvalue weighted by molar-refractivity contribution is 7.89. The lowest BCUT2D eigenvalue weighted by Gasteiger charge is -2.18. The zero-order valence-corrected chi connectivity index (χ0v) is 14.4. The Morgan fingerprint density at radius 3 is 2.74 bits per heavy atom. The normalized spacial score (nSPS) is 18.4. The molecule has 0 aromatic heterocycles. The van der Waals surface area contributed by atoms with Crippen LogP contribution in [0, 0.1) is 5.92 Å². The fourth-order valence-electron chi connectivity index (χ4n) is 3.68. The van der Waals surface area contributed by atoms with Gasteiger partial charge >= 0.3 is 0 Å². The highest BCUT2D eigenvalue weighted by Gasteiger charge is 2.27. The van der Waals surface area contributed by atoms with Crippen molar-refractivity contribution in [3.05, 3.63) is 23.8 Å². The van der Waals surface area contributed by atoms with Gasteiger partial charge in [0.2, 0.25) is 15.9 Å². The first kappa shape index (κ1) is 16.5. The Kier molecular flexibility index (Phi) is 4.73. The molecule has 2 aliphatic rings. The summed E-state index contributed by atoms with van der Waals surface area (Å²) in [7, 11) is -2.03. The van der Waals surface area contributed by atoms with Gasteiger partial charge in [0.05, 0.1) is 4.90 Å². The second-order valence-electron chi connectivity index (χ2n) is 6.48. The fraction of sp³-hybridized carbons (Fsp3) is 0.588. The minimum atomic E-state index is -3.43. The third-order valence-electron chi connectivity index (χ3n) is 5.07. The van der Waals surface area contributed by atoms with Crippen molar-refractivity contribution < 1.29 is 13.2 Å². The number of hydrogen-bond acceptors (Lipinski definition) is 3. The molecule has 0 unspecified atom stereocenters. The molecular weight excluding hydrogens is 312 g/mol. The summed E-state index contributed by atoms with van der Waals surface area (Å²) in [6, 6.07) is 5.03. The van der Waals surface area contributed by atoms with Crippen molar-refractivity contribution >= 4 is 21.6 Å². The van der Waals surface area contributed by atoms with Gasteiger partial charge in [-0.2, -0.15) is 0 Å². The molecule has 0 atom stereocenters. The van der Waals surface area contributed by atoms with E-state index in [0.717, 1.165) is 24.1 Å². The summed E-state index contributed by atoms with van der Waals surface area (Å²) in [5.41, 5.74) is 1.81. The Morgan fingerprint density at radius 2 is 2.04 bits per heavy atom. The van der Waals surface area contributed by atoms with Crippen molar-refractivity contribution in [1.29, 1.82) is 0 Å². The van der Waals surface area contributed by atoms with E-state index < -0.39 is 10.0 Å². The number of anilines is 1.